The number of rotatable bonds is 3. The van der Waals surface area contributed by atoms with Crippen molar-refractivity contribution in [1.29, 1.82) is 0 Å². The van der Waals surface area contributed by atoms with Crippen LogP contribution in [0.4, 0.5) is 0 Å². The second-order valence-electron chi connectivity index (χ2n) is 13.8. The third kappa shape index (κ3) is 3.71. The summed E-state index contributed by atoms with van der Waals surface area (Å²) < 4.78 is 9.13. The van der Waals surface area contributed by atoms with E-state index >= 15 is 0 Å². The first-order chi connectivity index (χ1) is 24.7. The lowest BCUT2D eigenvalue weighted by molar-refractivity contribution is 0.616. The fourth-order valence-electron chi connectivity index (χ4n) is 8.80. The SMILES string of the molecule is CC1C2C(n3c4cc(-c5ccccc5)ccc4c4c5ccccc5ccc43)=NC(c3ccccc3)=NC12c1cccc2c1oc1ccccc12. The van der Waals surface area contributed by atoms with E-state index in [0.717, 1.165) is 55.8 Å². The molecule has 1 fully saturated rings. The molecule has 50 heavy (non-hydrogen) atoms. The number of hydrogen-bond donors (Lipinski definition) is 0. The summed E-state index contributed by atoms with van der Waals surface area (Å²) in [5.41, 5.74) is 8.10. The molecule has 0 spiro atoms. The molecule has 4 nitrogen and oxygen atoms in total. The zero-order chi connectivity index (χ0) is 33.0. The molecule has 9 aromatic rings. The van der Waals surface area contributed by atoms with Crippen LogP contribution < -0.4 is 0 Å². The van der Waals surface area contributed by atoms with Gasteiger partial charge in [-0.2, -0.15) is 0 Å². The number of amidine groups is 1. The summed E-state index contributed by atoms with van der Waals surface area (Å²) in [6.45, 7) is 2.33. The van der Waals surface area contributed by atoms with Crippen molar-refractivity contribution in [3.63, 3.8) is 0 Å². The van der Waals surface area contributed by atoms with Gasteiger partial charge in [0.1, 0.15) is 22.5 Å². The molecule has 7 aromatic carbocycles. The van der Waals surface area contributed by atoms with Crippen LogP contribution >= 0.6 is 0 Å². The van der Waals surface area contributed by atoms with Crippen molar-refractivity contribution in [2.24, 2.45) is 21.8 Å². The Morgan fingerprint density at radius 2 is 1.30 bits per heavy atom. The lowest BCUT2D eigenvalue weighted by atomic mass is 9.97. The largest absolute Gasteiger partial charge is 0.456 e. The van der Waals surface area contributed by atoms with Crippen LogP contribution in [0.3, 0.4) is 0 Å². The van der Waals surface area contributed by atoms with E-state index in [1.54, 1.807) is 0 Å². The molecule has 1 aliphatic carbocycles. The molecule has 3 atom stereocenters. The Hall–Kier alpha value is -6.26. The summed E-state index contributed by atoms with van der Waals surface area (Å²) in [6, 6.07) is 56.1. The molecule has 1 aliphatic heterocycles. The molecule has 0 amide bonds. The Balaban J connectivity index is 1.23. The van der Waals surface area contributed by atoms with Gasteiger partial charge in [-0.25, -0.2) is 4.99 Å². The maximum Gasteiger partial charge on any atom is 0.157 e. The van der Waals surface area contributed by atoms with Gasteiger partial charge in [0.15, 0.2) is 5.84 Å². The number of aromatic nitrogens is 1. The highest BCUT2D eigenvalue weighted by molar-refractivity contribution is 6.26. The molecule has 11 rings (SSSR count). The van der Waals surface area contributed by atoms with E-state index in [2.05, 4.69) is 157 Å². The summed E-state index contributed by atoms with van der Waals surface area (Å²) in [5.74, 6) is 2.01. The van der Waals surface area contributed by atoms with Crippen LogP contribution in [0.2, 0.25) is 0 Å². The third-order valence-electron chi connectivity index (χ3n) is 11.2. The van der Waals surface area contributed by atoms with Crippen molar-refractivity contribution < 1.29 is 4.42 Å². The van der Waals surface area contributed by atoms with E-state index in [9.17, 15) is 0 Å². The van der Waals surface area contributed by atoms with Crippen molar-refractivity contribution in [3.05, 3.63) is 169 Å². The summed E-state index contributed by atoms with van der Waals surface area (Å²) in [7, 11) is 0. The molecule has 2 aliphatic rings. The molecular formula is C46H31N3O. The van der Waals surface area contributed by atoms with Gasteiger partial charge in [-0.05, 0) is 46.0 Å². The lowest BCUT2D eigenvalue weighted by Crippen LogP contribution is -2.27. The van der Waals surface area contributed by atoms with Gasteiger partial charge < -0.3 is 4.42 Å². The number of benzene rings is 7. The normalized spacial score (nSPS) is 20.0. The molecule has 236 valence electrons. The highest BCUT2D eigenvalue weighted by atomic mass is 16.3. The van der Waals surface area contributed by atoms with Crippen LogP contribution in [-0.2, 0) is 5.54 Å². The number of nitrogens with zero attached hydrogens (tertiary/aromatic N) is 3. The summed E-state index contributed by atoms with van der Waals surface area (Å²) in [6.07, 6.45) is 0. The third-order valence-corrected chi connectivity index (χ3v) is 11.2. The molecule has 0 radical (unpaired) electrons. The Morgan fingerprint density at radius 3 is 2.14 bits per heavy atom. The van der Waals surface area contributed by atoms with Crippen LogP contribution in [0, 0.1) is 11.8 Å². The summed E-state index contributed by atoms with van der Waals surface area (Å²) >= 11 is 0. The average Bonchev–Trinajstić information content (AvgIpc) is 3.44. The number of aliphatic imine (C=N–C) groups is 2. The van der Waals surface area contributed by atoms with Gasteiger partial charge in [0.05, 0.1) is 17.0 Å². The molecule has 3 unspecified atom stereocenters. The van der Waals surface area contributed by atoms with Gasteiger partial charge in [-0.1, -0.05) is 146 Å². The van der Waals surface area contributed by atoms with E-state index in [4.69, 9.17) is 14.4 Å². The van der Waals surface area contributed by atoms with Crippen molar-refractivity contribution in [2.45, 2.75) is 12.5 Å². The van der Waals surface area contributed by atoms with E-state index in [1.165, 1.54) is 32.7 Å². The van der Waals surface area contributed by atoms with Crippen LogP contribution in [0.25, 0.3) is 65.6 Å². The Bertz CT molecular complexity index is 2900. The number of furan rings is 1. The second-order valence-corrected chi connectivity index (χ2v) is 13.8. The summed E-state index contributed by atoms with van der Waals surface area (Å²) in [5, 5.41) is 7.21. The van der Waals surface area contributed by atoms with Crippen LogP contribution in [0.1, 0.15) is 18.1 Å². The molecular weight excluding hydrogens is 611 g/mol. The van der Waals surface area contributed by atoms with Crippen LogP contribution in [-0.4, -0.2) is 16.2 Å². The van der Waals surface area contributed by atoms with Gasteiger partial charge in [0.25, 0.3) is 0 Å². The predicted molar refractivity (Wildman–Crippen MR) is 206 cm³/mol. The topological polar surface area (TPSA) is 42.8 Å². The predicted octanol–water partition coefficient (Wildman–Crippen LogP) is 11.4. The van der Waals surface area contributed by atoms with Gasteiger partial charge in [-0.15, -0.1) is 0 Å². The van der Waals surface area contributed by atoms with E-state index < -0.39 is 5.54 Å². The number of hydrogen-bond acceptors (Lipinski definition) is 3. The van der Waals surface area contributed by atoms with Crippen molar-refractivity contribution in [1.82, 2.24) is 4.57 Å². The van der Waals surface area contributed by atoms with Crippen LogP contribution in [0.5, 0.6) is 0 Å². The fraction of sp³-hybridized carbons (Fsp3) is 0.0870. The fourth-order valence-corrected chi connectivity index (χ4v) is 8.80. The number of para-hydroxylation sites is 2. The molecule has 0 bridgehead atoms. The minimum absolute atomic E-state index is 0.0411. The first-order valence-electron chi connectivity index (χ1n) is 17.4. The maximum absolute atomic E-state index is 6.68. The summed E-state index contributed by atoms with van der Waals surface area (Å²) in [4.78, 5) is 11.2. The van der Waals surface area contributed by atoms with Gasteiger partial charge in [0, 0.05) is 32.7 Å². The molecule has 2 aromatic heterocycles. The average molecular weight is 642 g/mol. The molecule has 4 heteroatoms. The van der Waals surface area contributed by atoms with Crippen molar-refractivity contribution in [2.75, 3.05) is 0 Å². The van der Waals surface area contributed by atoms with Crippen LogP contribution in [0.15, 0.2) is 172 Å². The number of fused-ring (bicyclic) bond motifs is 9. The van der Waals surface area contributed by atoms with Gasteiger partial charge >= 0.3 is 0 Å². The van der Waals surface area contributed by atoms with E-state index in [0.29, 0.717) is 0 Å². The van der Waals surface area contributed by atoms with E-state index in [-0.39, 0.29) is 11.8 Å². The Kier molecular flexibility index (Phi) is 5.60. The van der Waals surface area contributed by atoms with Gasteiger partial charge in [0.2, 0.25) is 0 Å². The zero-order valence-corrected chi connectivity index (χ0v) is 27.4. The van der Waals surface area contributed by atoms with Crippen molar-refractivity contribution >= 4 is 66.2 Å². The Morgan fingerprint density at radius 1 is 0.580 bits per heavy atom. The minimum atomic E-state index is -0.535. The minimum Gasteiger partial charge on any atom is -0.456 e. The monoisotopic (exact) mass is 641 g/mol. The van der Waals surface area contributed by atoms with Gasteiger partial charge in [-0.3, -0.25) is 9.56 Å². The standard InChI is InChI=1S/C46H31N3O/c1-28-42-45(49-38-26-24-30-15-8-9-18-33(30)41(38)36-25-23-32(27-39(36)49)29-13-4-2-5-14-29)47-44(31-16-6-3-7-17-31)48-46(28,42)37-21-12-20-35-34-19-10-11-22-40(34)50-43(35)37/h2-28,42H,1H3. The first-order valence-corrected chi connectivity index (χ1v) is 17.4. The Labute approximate surface area is 288 Å². The maximum atomic E-state index is 6.68. The van der Waals surface area contributed by atoms with Crippen molar-refractivity contribution in [3.8, 4) is 11.1 Å². The molecule has 3 heterocycles. The second kappa shape index (κ2) is 10.1. The molecule has 0 saturated heterocycles. The zero-order valence-electron chi connectivity index (χ0n) is 27.4. The molecule has 0 N–H and O–H groups in total. The molecule has 1 saturated carbocycles. The highest BCUT2D eigenvalue weighted by Gasteiger charge is 2.69. The van der Waals surface area contributed by atoms with E-state index in [1.807, 2.05) is 12.1 Å². The lowest BCUT2D eigenvalue weighted by Gasteiger charge is -2.23. The highest BCUT2D eigenvalue weighted by Crippen LogP contribution is 2.65. The smallest absolute Gasteiger partial charge is 0.157 e. The quantitative estimate of drug-likeness (QED) is 0.189. The first kappa shape index (κ1) is 27.7.